The number of benzene rings is 1. The lowest BCUT2D eigenvalue weighted by molar-refractivity contribution is -0.111. The molecule has 1 aromatic carbocycles. The first kappa shape index (κ1) is 25.1. The normalized spacial score (nSPS) is 16.0. The predicted octanol–water partition coefficient (Wildman–Crippen LogP) is 3.20. The molecule has 0 amide bonds. The Bertz CT molecular complexity index is 728. The zero-order valence-electron chi connectivity index (χ0n) is 18.1. The summed E-state index contributed by atoms with van der Waals surface area (Å²) in [6.07, 6.45) is 4.22. The van der Waals surface area contributed by atoms with Gasteiger partial charge in [-0.3, -0.25) is 14.7 Å². The minimum Gasteiger partial charge on any atom is -0.374 e. The maximum Gasteiger partial charge on any atom is 0.207 e. The molecule has 6 nitrogen and oxygen atoms in total. The molecule has 0 bridgehead atoms. The number of anilines is 1. The Morgan fingerprint density at radius 2 is 1.90 bits per heavy atom. The molecule has 0 unspecified atom stereocenters. The molecule has 1 fully saturated rings. The fraction of sp³-hybridized carbons (Fsp3) is 0.500. The van der Waals surface area contributed by atoms with Gasteiger partial charge >= 0.3 is 0 Å². The van der Waals surface area contributed by atoms with Crippen LogP contribution in [0, 0.1) is 0 Å². The summed E-state index contributed by atoms with van der Waals surface area (Å²) in [5.41, 5.74) is 9.01. The van der Waals surface area contributed by atoms with Gasteiger partial charge in [0, 0.05) is 29.7 Å². The zero-order valence-corrected chi connectivity index (χ0v) is 18.9. The van der Waals surface area contributed by atoms with Crippen LogP contribution in [0.2, 0.25) is 0 Å². The van der Waals surface area contributed by atoms with Crippen LogP contribution in [0.25, 0.3) is 5.70 Å². The van der Waals surface area contributed by atoms with E-state index >= 15 is 0 Å². The van der Waals surface area contributed by atoms with Crippen LogP contribution >= 0.6 is 11.8 Å². The molecule has 2 N–H and O–H groups in total. The quantitative estimate of drug-likeness (QED) is 0.584. The van der Waals surface area contributed by atoms with Crippen molar-refractivity contribution in [1.29, 1.82) is 0 Å². The fourth-order valence-corrected chi connectivity index (χ4v) is 4.36. The van der Waals surface area contributed by atoms with E-state index in [1.54, 1.807) is 0 Å². The summed E-state index contributed by atoms with van der Waals surface area (Å²) in [6, 6.07) is 6.42. The molecule has 7 heteroatoms. The highest BCUT2D eigenvalue weighted by Gasteiger charge is 2.19. The average molecular weight is 419 g/mol. The number of nitrogens with two attached hydrogens (primary N) is 1. The van der Waals surface area contributed by atoms with Gasteiger partial charge in [-0.1, -0.05) is 17.8 Å². The first-order valence-electron chi connectivity index (χ1n) is 9.92. The number of carbonyl (C=O) groups is 2. The second-order valence-corrected chi connectivity index (χ2v) is 8.04. The molecule has 0 atom stereocenters. The molecule has 1 aromatic rings. The number of hydrogen-bond donors (Lipinski definition) is 1. The number of allylic oxidation sites excluding steroid dienone is 1. The molecule has 2 aliphatic heterocycles. The second-order valence-electron chi connectivity index (χ2n) is 6.77. The monoisotopic (exact) mass is 418 g/mol. The number of aliphatic imine (C=N–C) groups is 1. The van der Waals surface area contributed by atoms with Crippen molar-refractivity contribution in [2.45, 2.75) is 33.1 Å². The molecule has 160 valence electrons. The minimum absolute atomic E-state index is 0.191. The van der Waals surface area contributed by atoms with Gasteiger partial charge in [0.2, 0.25) is 5.12 Å². The van der Waals surface area contributed by atoms with E-state index in [9.17, 15) is 4.79 Å². The number of likely N-dealkylation sites (N-methyl/N-ethyl adjacent to an activating group) is 1. The van der Waals surface area contributed by atoms with Gasteiger partial charge < -0.3 is 15.4 Å². The lowest BCUT2D eigenvalue weighted by Gasteiger charge is -2.14. The van der Waals surface area contributed by atoms with Crippen LogP contribution in [0.15, 0.2) is 28.1 Å². The summed E-state index contributed by atoms with van der Waals surface area (Å²) in [7, 11) is 3.62. The molecular formula is C22H34N4O2S. The smallest absolute Gasteiger partial charge is 0.207 e. The maximum absolute atomic E-state index is 12.3. The summed E-state index contributed by atoms with van der Waals surface area (Å²) in [5.74, 6) is 0. The molecule has 0 aliphatic carbocycles. The SMILES string of the molecule is C=N/C(=C(/C)SC(=O)CN1CCCC1)c1ccc2c(c1)CCN2C.CC=O.CN. The molecule has 2 aliphatic rings. The number of likely N-dealkylation sites (tertiary alicyclic amines) is 1. The van der Waals surface area contributed by atoms with Crippen molar-refractivity contribution in [3.05, 3.63) is 34.2 Å². The summed E-state index contributed by atoms with van der Waals surface area (Å²) in [4.78, 5) is 30.8. The van der Waals surface area contributed by atoms with Gasteiger partial charge in [-0.15, -0.1) is 0 Å². The lowest BCUT2D eigenvalue weighted by Crippen LogP contribution is -2.25. The highest BCUT2D eigenvalue weighted by Crippen LogP contribution is 2.33. The molecule has 0 aromatic heterocycles. The molecule has 3 rings (SSSR count). The van der Waals surface area contributed by atoms with E-state index in [-0.39, 0.29) is 5.12 Å². The Hall–Kier alpha value is -1.96. The molecular weight excluding hydrogens is 384 g/mol. The van der Waals surface area contributed by atoms with Gasteiger partial charge in [-0.25, -0.2) is 0 Å². The Labute approximate surface area is 179 Å². The summed E-state index contributed by atoms with van der Waals surface area (Å²) >= 11 is 1.30. The number of aldehydes is 1. The van der Waals surface area contributed by atoms with E-state index in [1.807, 2.05) is 6.92 Å². The van der Waals surface area contributed by atoms with E-state index in [0.717, 1.165) is 48.5 Å². The summed E-state index contributed by atoms with van der Waals surface area (Å²) in [5, 5.41) is 0.191. The van der Waals surface area contributed by atoms with E-state index < -0.39 is 0 Å². The predicted molar refractivity (Wildman–Crippen MR) is 126 cm³/mol. The van der Waals surface area contributed by atoms with Gasteiger partial charge in [0.15, 0.2) is 0 Å². The summed E-state index contributed by atoms with van der Waals surface area (Å²) in [6.45, 7) is 10.8. The van der Waals surface area contributed by atoms with Crippen molar-refractivity contribution in [2.75, 3.05) is 45.2 Å². The van der Waals surface area contributed by atoms with Crippen LogP contribution in [0.5, 0.6) is 0 Å². The number of rotatable bonds is 5. The van der Waals surface area contributed by atoms with Gasteiger partial charge in [-0.05, 0) is 77.7 Å². The molecule has 0 saturated carbocycles. The number of hydrogen-bond acceptors (Lipinski definition) is 7. The van der Waals surface area contributed by atoms with Crippen molar-refractivity contribution in [1.82, 2.24) is 4.90 Å². The number of nitrogens with zero attached hydrogens (tertiary/aromatic N) is 3. The van der Waals surface area contributed by atoms with Crippen LogP contribution in [0.4, 0.5) is 5.69 Å². The molecule has 0 radical (unpaired) electrons. The zero-order chi connectivity index (χ0) is 21.8. The highest BCUT2D eigenvalue weighted by molar-refractivity contribution is 8.17. The van der Waals surface area contributed by atoms with Crippen molar-refractivity contribution >= 4 is 41.3 Å². The van der Waals surface area contributed by atoms with Crippen LogP contribution in [0.3, 0.4) is 0 Å². The van der Waals surface area contributed by atoms with E-state index in [4.69, 9.17) is 4.79 Å². The van der Waals surface area contributed by atoms with Crippen LogP contribution in [-0.2, 0) is 16.0 Å². The second kappa shape index (κ2) is 13.3. The molecule has 1 saturated heterocycles. The topological polar surface area (TPSA) is 79.0 Å². The number of carbonyl (C=O) groups excluding carboxylic acids is 2. The van der Waals surface area contributed by atoms with Gasteiger partial charge in [-0.2, -0.15) is 0 Å². The molecule has 2 heterocycles. The number of fused-ring (bicyclic) bond motifs is 1. The Balaban J connectivity index is 0.000000771. The average Bonchev–Trinajstić information content (AvgIpc) is 3.34. The van der Waals surface area contributed by atoms with Crippen molar-refractivity contribution in [2.24, 2.45) is 10.7 Å². The highest BCUT2D eigenvalue weighted by atomic mass is 32.2. The van der Waals surface area contributed by atoms with Gasteiger partial charge in [0.25, 0.3) is 0 Å². The van der Waals surface area contributed by atoms with Crippen LogP contribution in [0.1, 0.15) is 37.8 Å². The largest absolute Gasteiger partial charge is 0.374 e. The van der Waals surface area contributed by atoms with Gasteiger partial charge in [0.05, 0.1) is 12.2 Å². The Morgan fingerprint density at radius 3 is 2.48 bits per heavy atom. The fourth-order valence-electron chi connectivity index (χ4n) is 3.49. The van der Waals surface area contributed by atoms with Crippen molar-refractivity contribution in [3.63, 3.8) is 0 Å². The standard InChI is InChI=1S/C19H25N3OS.C2H4O.CH5N/c1-14(24-18(23)13-22-9-4-5-10-22)19(20-2)16-6-7-17-15(12-16)8-11-21(17)3;1-2-3;1-2/h6-7,12H,2,4-5,8-11,13H2,1,3H3;2H,1H3;2H2,1H3/b19-14-;;. The first-order valence-corrected chi connectivity index (χ1v) is 10.7. The first-order chi connectivity index (χ1) is 14.0. The lowest BCUT2D eigenvalue weighted by atomic mass is 10.1. The third-order valence-corrected chi connectivity index (χ3v) is 5.65. The third-order valence-electron chi connectivity index (χ3n) is 4.79. The third kappa shape index (κ3) is 7.42. The molecule has 0 spiro atoms. The van der Waals surface area contributed by atoms with E-state index in [0.29, 0.717) is 6.54 Å². The van der Waals surface area contributed by atoms with E-state index in [2.05, 4.69) is 52.5 Å². The Morgan fingerprint density at radius 1 is 1.28 bits per heavy atom. The van der Waals surface area contributed by atoms with Crippen LogP contribution in [-0.4, -0.2) is 63.3 Å². The minimum atomic E-state index is 0.191. The number of thioether (sulfide) groups is 1. The maximum atomic E-state index is 12.3. The van der Waals surface area contributed by atoms with Gasteiger partial charge in [0.1, 0.15) is 6.29 Å². The summed E-state index contributed by atoms with van der Waals surface area (Å²) < 4.78 is 0. The Kier molecular flexibility index (Phi) is 11.5. The van der Waals surface area contributed by atoms with Crippen molar-refractivity contribution < 1.29 is 9.59 Å². The van der Waals surface area contributed by atoms with E-state index in [1.165, 1.54) is 49.8 Å². The molecule has 29 heavy (non-hydrogen) atoms. The van der Waals surface area contributed by atoms with Crippen LogP contribution < -0.4 is 10.6 Å². The van der Waals surface area contributed by atoms with Crippen molar-refractivity contribution in [3.8, 4) is 0 Å².